The summed E-state index contributed by atoms with van der Waals surface area (Å²) in [5.41, 5.74) is 0.473. The fourth-order valence-corrected chi connectivity index (χ4v) is 3.43. The number of alkyl halides is 3. The van der Waals surface area contributed by atoms with Crippen molar-refractivity contribution < 1.29 is 27.4 Å². The van der Waals surface area contributed by atoms with Crippen molar-refractivity contribution in [3.8, 4) is 11.5 Å². The monoisotopic (exact) mass is 457 g/mol. The van der Waals surface area contributed by atoms with Gasteiger partial charge in [-0.25, -0.2) is 0 Å². The van der Waals surface area contributed by atoms with Crippen LogP contribution in [0.5, 0.6) is 11.5 Å². The van der Waals surface area contributed by atoms with Crippen molar-refractivity contribution in [2.45, 2.75) is 39.0 Å². The number of nitrogens with one attached hydrogen (secondary N) is 1. The third-order valence-electron chi connectivity index (χ3n) is 5.10. The molecule has 0 saturated heterocycles. The fraction of sp³-hybridized carbons (Fsp3) is 0.269. The Labute approximate surface area is 191 Å². The number of halogens is 3. The van der Waals surface area contributed by atoms with E-state index in [2.05, 4.69) is 26.1 Å². The first-order valence-electron chi connectivity index (χ1n) is 10.4. The molecule has 33 heavy (non-hydrogen) atoms. The van der Waals surface area contributed by atoms with E-state index in [1.807, 2.05) is 24.3 Å². The molecule has 0 heterocycles. The molecule has 3 rings (SSSR count). The van der Waals surface area contributed by atoms with Gasteiger partial charge in [0.1, 0.15) is 18.1 Å². The number of rotatable bonds is 6. The summed E-state index contributed by atoms with van der Waals surface area (Å²) in [4.78, 5) is 12.7. The van der Waals surface area contributed by atoms with Crippen LogP contribution in [0.15, 0.2) is 66.7 Å². The Hall–Kier alpha value is -3.48. The quantitative estimate of drug-likeness (QED) is 0.441. The molecular formula is C26H26F3NO3. The number of amides is 1. The van der Waals surface area contributed by atoms with E-state index in [1.165, 1.54) is 31.4 Å². The Morgan fingerprint density at radius 2 is 1.52 bits per heavy atom. The smallest absolute Gasteiger partial charge is 0.418 e. The first kappa shape index (κ1) is 24.2. The fourth-order valence-electron chi connectivity index (χ4n) is 3.43. The van der Waals surface area contributed by atoms with Crippen LogP contribution in [0.25, 0.3) is 0 Å². The van der Waals surface area contributed by atoms with Crippen LogP contribution < -0.4 is 14.8 Å². The predicted molar refractivity (Wildman–Crippen MR) is 122 cm³/mol. The molecule has 3 aromatic carbocycles. The summed E-state index contributed by atoms with van der Waals surface area (Å²) in [5, 5.41) is 2.36. The normalized spacial score (nSPS) is 11.7. The zero-order chi connectivity index (χ0) is 24.2. The van der Waals surface area contributed by atoms with Crippen LogP contribution in [-0.2, 0) is 18.2 Å². The summed E-state index contributed by atoms with van der Waals surface area (Å²) in [6.45, 7) is 6.37. The Kier molecular flexibility index (Phi) is 7.01. The van der Waals surface area contributed by atoms with E-state index in [9.17, 15) is 18.0 Å². The molecule has 0 aromatic heterocycles. The SMILES string of the molecule is COc1ccc(C(=O)Nc2ccccc2C(F)(F)F)cc1COc1ccccc1C(C)(C)C. The molecule has 0 spiro atoms. The highest BCUT2D eigenvalue weighted by molar-refractivity contribution is 6.05. The Morgan fingerprint density at radius 3 is 2.15 bits per heavy atom. The van der Waals surface area contributed by atoms with E-state index in [0.29, 0.717) is 17.1 Å². The lowest BCUT2D eigenvalue weighted by atomic mass is 9.86. The van der Waals surface area contributed by atoms with Crippen molar-refractivity contribution in [1.82, 2.24) is 0 Å². The molecule has 174 valence electrons. The van der Waals surface area contributed by atoms with Gasteiger partial charge in [-0.15, -0.1) is 0 Å². The highest BCUT2D eigenvalue weighted by Gasteiger charge is 2.33. The van der Waals surface area contributed by atoms with Crippen molar-refractivity contribution >= 4 is 11.6 Å². The number of carbonyl (C=O) groups excluding carboxylic acids is 1. The summed E-state index contributed by atoms with van der Waals surface area (Å²) in [6.07, 6.45) is -4.58. The summed E-state index contributed by atoms with van der Waals surface area (Å²) >= 11 is 0. The summed E-state index contributed by atoms with van der Waals surface area (Å²) in [6, 6.07) is 17.2. The van der Waals surface area contributed by atoms with Gasteiger partial charge in [0.15, 0.2) is 0 Å². The summed E-state index contributed by atoms with van der Waals surface area (Å²) in [5.74, 6) is 0.558. The number of carbonyl (C=O) groups is 1. The second-order valence-corrected chi connectivity index (χ2v) is 8.56. The largest absolute Gasteiger partial charge is 0.496 e. The third-order valence-corrected chi connectivity index (χ3v) is 5.10. The lowest BCUT2D eigenvalue weighted by molar-refractivity contribution is -0.136. The number of ether oxygens (including phenoxy) is 2. The van der Waals surface area contributed by atoms with Crippen LogP contribution in [0, 0.1) is 0 Å². The van der Waals surface area contributed by atoms with Gasteiger partial charge in [-0.05, 0) is 47.4 Å². The maximum absolute atomic E-state index is 13.3. The molecule has 3 aromatic rings. The highest BCUT2D eigenvalue weighted by Crippen LogP contribution is 2.35. The predicted octanol–water partition coefficient (Wildman–Crippen LogP) is 6.84. The molecule has 0 fully saturated rings. The van der Waals surface area contributed by atoms with E-state index in [1.54, 1.807) is 12.1 Å². The number of benzene rings is 3. The number of hydrogen-bond donors (Lipinski definition) is 1. The van der Waals surface area contributed by atoms with Crippen molar-refractivity contribution in [1.29, 1.82) is 0 Å². The van der Waals surface area contributed by atoms with Gasteiger partial charge in [0.05, 0.1) is 18.4 Å². The highest BCUT2D eigenvalue weighted by atomic mass is 19.4. The van der Waals surface area contributed by atoms with E-state index in [0.717, 1.165) is 11.6 Å². The molecule has 0 unspecified atom stereocenters. The lowest BCUT2D eigenvalue weighted by Gasteiger charge is -2.23. The van der Waals surface area contributed by atoms with Crippen molar-refractivity contribution in [3.05, 3.63) is 89.0 Å². The number of para-hydroxylation sites is 2. The van der Waals surface area contributed by atoms with E-state index in [4.69, 9.17) is 9.47 Å². The Balaban J connectivity index is 1.85. The molecular weight excluding hydrogens is 431 g/mol. The van der Waals surface area contributed by atoms with E-state index < -0.39 is 17.6 Å². The average Bonchev–Trinajstić information content (AvgIpc) is 2.76. The molecule has 0 aliphatic rings. The first-order valence-corrected chi connectivity index (χ1v) is 10.4. The minimum absolute atomic E-state index is 0.122. The molecule has 0 atom stereocenters. The molecule has 1 N–H and O–H groups in total. The maximum Gasteiger partial charge on any atom is 0.418 e. The van der Waals surface area contributed by atoms with Crippen LogP contribution in [0.2, 0.25) is 0 Å². The van der Waals surface area contributed by atoms with Crippen LogP contribution in [0.1, 0.15) is 47.8 Å². The topological polar surface area (TPSA) is 47.6 Å². The molecule has 0 radical (unpaired) electrons. The molecule has 0 aliphatic carbocycles. The lowest BCUT2D eigenvalue weighted by Crippen LogP contribution is -2.17. The summed E-state index contributed by atoms with van der Waals surface area (Å²) in [7, 11) is 1.50. The summed E-state index contributed by atoms with van der Waals surface area (Å²) < 4.78 is 51.2. The first-order chi connectivity index (χ1) is 15.5. The molecule has 0 aliphatic heterocycles. The van der Waals surface area contributed by atoms with Gasteiger partial charge in [0.2, 0.25) is 0 Å². The number of hydrogen-bond acceptors (Lipinski definition) is 3. The zero-order valence-electron chi connectivity index (χ0n) is 18.9. The standard InChI is InChI=1S/C26H26F3NO3/c1-25(2,3)20-10-6-8-12-23(20)33-16-18-15-17(13-14-22(18)32-4)24(31)30-21-11-7-5-9-19(21)26(27,28)29/h5-15H,16H2,1-4H3,(H,30,31). The molecule has 0 bridgehead atoms. The van der Waals surface area contributed by atoms with Gasteiger partial charge < -0.3 is 14.8 Å². The minimum Gasteiger partial charge on any atom is -0.496 e. The van der Waals surface area contributed by atoms with Crippen LogP contribution >= 0.6 is 0 Å². The molecule has 7 heteroatoms. The van der Waals surface area contributed by atoms with Crippen LogP contribution in [0.3, 0.4) is 0 Å². The molecule has 4 nitrogen and oxygen atoms in total. The Bertz CT molecular complexity index is 1130. The van der Waals surface area contributed by atoms with Crippen LogP contribution in [0.4, 0.5) is 18.9 Å². The van der Waals surface area contributed by atoms with Gasteiger partial charge >= 0.3 is 6.18 Å². The number of methoxy groups -OCH3 is 1. The second-order valence-electron chi connectivity index (χ2n) is 8.56. The van der Waals surface area contributed by atoms with E-state index in [-0.39, 0.29) is 23.3 Å². The Morgan fingerprint density at radius 1 is 0.879 bits per heavy atom. The minimum atomic E-state index is -4.58. The van der Waals surface area contributed by atoms with Gasteiger partial charge in [-0.1, -0.05) is 51.1 Å². The zero-order valence-corrected chi connectivity index (χ0v) is 18.9. The molecule has 1 amide bonds. The van der Waals surface area contributed by atoms with Gasteiger partial charge in [0, 0.05) is 11.1 Å². The van der Waals surface area contributed by atoms with Crippen molar-refractivity contribution in [2.75, 3.05) is 12.4 Å². The molecule has 0 saturated carbocycles. The van der Waals surface area contributed by atoms with Gasteiger partial charge in [-0.3, -0.25) is 4.79 Å². The maximum atomic E-state index is 13.3. The number of anilines is 1. The van der Waals surface area contributed by atoms with Crippen molar-refractivity contribution in [2.24, 2.45) is 0 Å². The van der Waals surface area contributed by atoms with E-state index >= 15 is 0 Å². The third kappa shape index (κ3) is 5.86. The van der Waals surface area contributed by atoms with Gasteiger partial charge in [-0.2, -0.15) is 13.2 Å². The average molecular weight is 457 g/mol. The van der Waals surface area contributed by atoms with Crippen LogP contribution in [-0.4, -0.2) is 13.0 Å². The van der Waals surface area contributed by atoms with Gasteiger partial charge in [0.25, 0.3) is 5.91 Å². The van der Waals surface area contributed by atoms with Crippen molar-refractivity contribution in [3.63, 3.8) is 0 Å². The second kappa shape index (κ2) is 9.57.